The maximum absolute atomic E-state index is 10.4. The lowest BCUT2D eigenvalue weighted by molar-refractivity contribution is -0.132. The van der Waals surface area contributed by atoms with Gasteiger partial charge in [-0.05, 0) is 20.3 Å². The van der Waals surface area contributed by atoms with E-state index in [2.05, 4.69) is 0 Å². The Kier molecular flexibility index (Phi) is 3.77. The number of allylic oxidation sites excluding steroid dienone is 1. The molecule has 2 heteroatoms. The molecule has 0 rings (SSSR count). The van der Waals surface area contributed by atoms with Gasteiger partial charge in [-0.2, -0.15) is 0 Å². The molecule has 1 N–H and O–H groups in total. The predicted molar refractivity (Wildman–Crippen MR) is 40.9 cm³/mol. The smallest absolute Gasteiger partial charge is 0.331 e. The van der Waals surface area contributed by atoms with E-state index in [0.717, 1.165) is 18.4 Å². The van der Waals surface area contributed by atoms with Crippen LogP contribution in [0.5, 0.6) is 0 Å². The minimum atomic E-state index is -0.800. The Labute approximate surface area is 61.6 Å². The van der Waals surface area contributed by atoms with Crippen LogP contribution in [0.25, 0.3) is 0 Å². The fraction of sp³-hybridized carbons (Fsp3) is 0.625. The van der Waals surface area contributed by atoms with Gasteiger partial charge in [0.05, 0.1) is 0 Å². The molecule has 10 heavy (non-hydrogen) atoms. The van der Waals surface area contributed by atoms with Crippen molar-refractivity contribution in [3.8, 4) is 0 Å². The maximum atomic E-state index is 10.4. The molecule has 0 saturated carbocycles. The van der Waals surface area contributed by atoms with Crippen LogP contribution in [0.4, 0.5) is 0 Å². The molecule has 0 aromatic heterocycles. The van der Waals surface area contributed by atoms with Crippen LogP contribution in [0.1, 0.15) is 33.6 Å². The number of carbonyl (C=O) groups is 1. The molecule has 0 aliphatic heterocycles. The molecule has 0 amide bonds. The van der Waals surface area contributed by atoms with Gasteiger partial charge < -0.3 is 5.11 Å². The standard InChI is InChI=1S/C8H14O2/c1-4-5-6(2)7(3)8(9)10/h4-5H2,1-3H3,(H,9,10)/b7-6-. The summed E-state index contributed by atoms with van der Waals surface area (Å²) in [6, 6.07) is 0. The van der Waals surface area contributed by atoms with Gasteiger partial charge in [-0.15, -0.1) is 0 Å². The second kappa shape index (κ2) is 4.09. The van der Waals surface area contributed by atoms with Crippen molar-refractivity contribution in [3.63, 3.8) is 0 Å². The third-order valence-electron chi connectivity index (χ3n) is 1.59. The Bertz CT molecular complexity index is 157. The molecular weight excluding hydrogens is 128 g/mol. The van der Waals surface area contributed by atoms with E-state index in [-0.39, 0.29) is 0 Å². The highest BCUT2D eigenvalue weighted by molar-refractivity contribution is 5.86. The Morgan fingerprint density at radius 2 is 1.90 bits per heavy atom. The highest BCUT2D eigenvalue weighted by Crippen LogP contribution is 2.09. The summed E-state index contributed by atoms with van der Waals surface area (Å²) in [5, 5.41) is 8.52. The summed E-state index contributed by atoms with van der Waals surface area (Å²) in [5.74, 6) is -0.800. The molecule has 0 unspecified atom stereocenters. The molecule has 0 aromatic rings. The number of carboxylic acid groups (broad SMARTS) is 1. The first-order chi connectivity index (χ1) is 4.59. The van der Waals surface area contributed by atoms with Gasteiger partial charge in [-0.1, -0.05) is 18.9 Å². The van der Waals surface area contributed by atoms with Gasteiger partial charge in [-0.25, -0.2) is 4.79 Å². The fourth-order valence-electron chi connectivity index (χ4n) is 0.745. The number of hydrogen-bond donors (Lipinski definition) is 1. The zero-order valence-electron chi connectivity index (χ0n) is 6.77. The molecule has 2 nitrogen and oxygen atoms in total. The molecule has 0 fully saturated rings. The van der Waals surface area contributed by atoms with E-state index in [1.807, 2.05) is 13.8 Å². The molecule has 0 bridgehead atoms. The Hall–Kier alpha value is -0.790. The van der Waals surface area contributed by atoms with Crippen molar-refractivity contribution in [3.05, 3.63) is 11.1 Å². The molecule has 0 atom stereocenters. The fourth-order valence-corrected chi connectivity index (χ4v) is 0.745. The van der Waals surface area contributed by atoms with E-state index in [1.165, 1.54) is 0 Å². The van der Waals surface area contributed by atoms with Crippen LogP contribution in [-0.4, -0.2) is 11.1 Å². The van der Waals surface area contributed by atoms with Crippen LogP contribution in [0.2, 0.25) is 0 Å². The summed E-state index contributed by atoms with van der Waals surface area (Å²) < 4.78 is 0. The molecule has 0 aromatic carbocycles. The topological polar surface area (TPSA) is 37.3 Å². The number of rotatable bonds is 3. The molecular formula is C8H14O2. The first-order valence-electron chi connectivity index (χ1n) is 3.49. The summed E-state index contributed by atoms with van der Waals surface area (Å²) in [6.45, 7) is 5.55. The summed E-state index contributed by atoms with van der Waals surface area (Å²) >= 11 is 0. The molecule has 0 spiro atoms. The van der Waals surface area contributed by atoms with Crippen molar-refractivity contribution < 1.29 is 9.90 Å². The van der Waals surface area contributed by atoms with Crippen LogP contribution in [0.3, 0.4) is 0 Å². The molecule has 0 aliphatic rings. The van der Waals surface area contributed by atoms with Gasteiger partial charge in [0.25, 0.3) is 0 Å². The average molecular weight is 142 g/mol. The van der Waals surface area contributed by atoms with Crippen LogP contribution < -0.4 is 0 Å². The Morgan fingerprint density at radius 1 is 1.40 bits per heavy atom. The highest BCUT2D eigenvalue weighted by atomic mass is 16.4. The van der Waals surface area contributed by atoms with E-state index < -0.39 is 5.97 Å². The molecule has 0 heterocycles. The molecule has 0 radical (unpaired) electrons. The first-order valence-corrected chi connectivity index (χ1v) is 3.49. The molecule has 58 valence electrons. The third kappa shape index (κ3) is 2.67. The van der Waals surface area contributed by atoms with Gasteiger partial charge in [0.2, 0.25) is 0 Å². The lowest BCUT2D eigenvalue weighted by Crippen LogP contribution is -1.99. The zero-order valence-corrected chi connectivity index (χ0v) is 6.77. The van der Waals surface area contributed by atoms with Crippen molar-refractivity contribution in [1.82, 2.24) is 0 Å². The minimum Gasteiger partial charge on any atom is -0.478 e. The van der Waals surface area contributed by atoms with Crippen LogP contribution in [0.15, 0.2) is 11.1 Å². The van der Waals surface area contributed by atoms with E-state index in [1.54, 1.807) is 6.92 Å². The Balaban J connectivity index is 4.19. The van der Waals surface area contributed by atoms with E-state index in [4.69, 9.17) is 5.11 Å². The lowest BCUT2D eigenvalue weighted by atomic mass is 10.1. The normalized spacial score (nSPS) is 12.7. The van der Waals surface area contributed by atoms with E-state index >= 15 is 0 Å². The van der Waals surface area contributed by atoms with Gasteiger partial charge in [0.1, 0.15) is 0 Å². The van der Waals surface area contributed by atoms with Crippen LogP contribution >= 0.6 is 0 Å². The van der Waals surface area contributed by atoms with E-state index in [9.17, 15) is 4.79 Å². The van der Waals surface area contributed by atoms with Crippen molar-refractivity contribution in [2.45, 2.75) is 33.6 Å². The largest absolute Gasteiger partial charge is 0.478 e. The van der Waals surface area contributed by atoms with Gasteiger partial charge in [-0.3, -0.25) is 0 Å². The number of aliphatic carboxylic acids is 1. The highest BCUT2D eigenvalue weighted by Gasteiger charge is 2.02. The SMILES string of the molecule is CCC/C(C)=C(/C)C(=O)O. The third-order valence-corrected chi connectivity index (χ3v) is 1.59. The second-order valence-corrected chi connectivity index (χ2v) is 2.46. The average Bonchev–Trinajstić information content (AvgIpc) is 1.87. The van der Waals surface area contributed by atoms with Crippen LogP contribution in [0, 0.1) is 0 Å². The van der Waals surface area contributed by atoms with Gasteiger partial charge in [0.15, 0.2) is 0 Å². The lowest BCUT2D eigenvalue weighted by Gasteiger charge is -1.99. The number of hydrogen-bond acceptors (Lipinski definition) is 1. The van der Waals surface area contributed by atoms with Crippen molar-refractivity contribution in [2.75, 3.05) is 0 Å². The van der Waals surface area contributed by atoms with Crippen molar-refractivity contribution in [2.24, 2.45) is 0 Å². The first kappa shape index (κ1) is 9.21. The maximum Gasteiger partial charge on any atom is 0.331 e. The van der Waals surface area contributed by atoms with Gasteiger partial charge >= 0.3 is 5.97 Å². The monoisotopic (exact) mass is 142 g/mol. The van der Waals surface area contributed by atoms with Crippen LogP contribution in [-0.2, 0) is 4.79 Å². The quantitative estimate of drug-likeness (QED) is 0.613. The summed E-state index contributed by atoms with van der Waals surface area (Å²) in [7, 11) is 0. The summed E-state index contributed by atoms with van der Waals surface area (Å²) in [4.78, 5) is 10.4. The summed E-state index contributed by atoms with van der Waals surface area (Å²) in [6.07, 6.45) is 1.90. The molecule has 0 saturated heterocycles. The zero-order chi connectivity index (χ0) is 8.15. The minimum absolute atomic E-state index is 0.488. The van der Waals surface area contributed by atoms with E-state index in [0.29, 0.717) is 5.57 Å². The molecule has 0 aliphatic carbocycles. The van der Waals surface area contributed by atoms with Crippen molar-refractivity contribution >= 4 is 5.97 Å². The predicted octanol–water partition coefficient (Wildman–Crippen LogP) is 2.21. The van der Waals surface area contributed by atoms with Crippen molar-refractivity contribution in [1.29, 1.82) is 0 Å². The Morgan fingerprint density at radius 3 is 2.20 bits per heavy atom. The summed E-state index contributed by atoms with van der Waals surface area (Å²) in [5.41, 5.74) is 1.47. The number of carboxylic acids is 1. The second-order valence-electron chi connectivity index (χ2n) is 2.46. The van der Waals surface area contributed by atoms with Gasteiger partial charge in [0, 0.05) is 5.57 Å².